The van der Waals surface area contributed by atoms with Crippen molar-refractivity contribution >= 4 is 11.9 Å². The number of ether oxygens (including phenoxy) is 3. The van der Waals surface area contributed by atoms with Gasteiger partial charge in [0.1, 0.15) is 6.61 Å². The molecule has 0 amide bonds. The highest BCUT2D eigenvalue weighted by atomic mass is 16.6. The molecule has 5 heteroatoms. The highest BCUT2D eigenvalue weighted by Crippen LogP contribution is 2.14. The molecule has 0 aromatic rings. The minimum absolute atomic E-state index is 0.0640. The average molecular weight is 972 g/mol. The van der Waals surface area contributed by atoms with E-state index in [0.717, 1.165) is 116 Å². The maximum absolute atomic E-state index is 12.9. The molecule has 0 rings (SSSR count). The lowest BCUT2D eigenvalue weighted by Gasteiger charge is -2.18. The van der Waals surface area contributed by atoms with Gasteiger partial charge in [-0.05, 0) is 122 Å². The van der Waals surface area contributed by atoms with Crippen LogP contribution in [0.4, 0.5) is 0 Å². The molecule has 1 atom stereocenters. The van der Waals surface area contributed by atoms with Gasteiger partial charge >= 0.3 is 11.9 Å². The molecule has 0 aliphatic carbocycles. The quantitative estimate of drug-likeness (QED) is 0.0345. The maximum atomic E-state index is 12.9. The summed E-state index contributed by atoms with van der Waals surface area (Å²) in [5.74, 6) is -0.432. The normalized spacial score (nSPS) is 13.0. The molecule has 70 heavy (non-hydrogen) atoms. The smallest absolute Gasteiger partial charge is 0.306 e. The minimum atomic E-state index is -0.561. The Morgan fingerprint density at radius 3 is 1.04 bits per heavy atom. The first-order valence-electron chi connectivity index (χ1n) is 29.4. The average Bonchev–Trinajstić information content (AvgIpc) is 3.36. The van der Waals surface area contributed by atoms with Gasteiger partial charge in [0.05, 0.1) is 6.61 Å². The second kappa shape index (κ2) is 59.9. The Balaban J connectivity index is 4.36. The number of hydrogen-bond donors (Lipinski definition) is 0. The van der Waals surface area contributed by atoms with Crippen molar-refractivity contribution in [2.24, 2.45) is 0 Å². The van der Waals surface area contributed by atoms with Crippen LogP contribution in [-0.2, 0) is 23.8 Å². The summed E-state index contributed by atoms with van der Waals surface area (Å²) in [7, 11) is 0. The molecule has 0 spiro atoms. The van der Waals surface area contributed by atoms with E-state index in [4.69, 9.17) is 14.2 Å². The summed E-state index contributed by atoms with van der Waals surface area (Å²) in [6.45, 7) is 7.57. The summed E-state index contributed by atoms with van der Waals surface area (Å²) in [6, 6.07) is 0. The second-order valence-corrected chi connectivity index (χ2v) is 19.1. The van der Waals surface area contributed by atoms with Gasteiger partial charge in [-0.2, -0.15) is 0 Å². The molecule has 0 saturated carbocycles. The number of unbranched alkanes of at least 4 members (excludes halogenated alkanes) is 24. The van der Waals surface area contributed by atoms with Crippen LogP contribution in [0.5, 0.6) is 0 Å². The van der Waals surface area contributed by atoms with Gasteiger partial charge in [0.15, 0.2) is 6.10 Å². The first-order valence-corrected chi connectivity index (χ1v) is 29.4. The van der Waals surface area contributed by atoms with Gasteiger partial charge in [0.2, 0.25) is 0 Å². The van der Waals surface area contributed by atoms with E-state index in [-0.39, 0.29) is 25.2 Å². The highest BCUT2D eigenvalue weighted by Gasteiger charge is 2.17. The molecule has 0 aromatic heterocycles. The maximum Gasteiger partial charge on any atom is 0.306 e. The summed E-state index contributed by atoms with van der Waals surface area (Å²) in [5.41, 5.74) is 0. The molecule has 0 aromatic carbocycles. The first kappa shape index (κ1) is 66.6. The van der Waals surface area contributed by atoms with Gasteiger partial charge in [0.25, 0.3) is 0 Å². The van der Waals surface area contributed by atoms with Crippen LogP contribution in [-0.4, -0.2) is 37.9 Å². The van der Waals surface area contributed by atoms with E-state index in [1.165, 1.54) is 116 Å². The monoisotopic (exact) mass is 971 g/mol. The fourth-order valence-electron chi connectivity index (χ4n) is 7.96. The van der Waals surface area contributed by atoms with Gasteiger partial charge in [-0.1, -0.05) is 239 Å². The zero-order valence-electron chi connectivity index (χ0n) is 46.0. The van der Waals surface area contributed by atoms with Crippen LogP contribution in [0.3, 0.4) is 0 Å². The van der Waals surface area contributed by atoms with E-state index in [1.807, 2.05) is 0 Å². The highest BCUT2D eigenvalue weighted by molar-refractivity contribution is 5.70. The number of carbonyl (C=O) groups is 2. The Hall–Kier alpha value is -3.44. The zero-order valence-corrected chi connectivity index (χ0v) is 46.0. The molecule has 0 heterocycles. The van der Waals surface area contributed by atoms with Crippen molar-refractivity contribution in [2.75, 3.05) is 19.8 Å². The predicted octanol–water partition coefficient (Wildman–Crippen LogP) is 20.3. The zero-order chi connectivity index (χ0) is 50.6. The standard InChI is InChI=1S/C65H110O5/c1-4-7-10-13-16-19-22-25-28-31-33-35-37-40-43-46-49-52-55-58-64(66)69-62-63(61-68-60-57-54-51-48-45-42-39-30-27-24-21-18-15-12-9-6-3)70-65(67)59-56-53-50-47-44-41-38-36-34-32-29-26-23-20-17-14-11-8-5-2/h7-8,10-11,16-17,19-20,25-30,33-36,63H,4-6,9,12-15,18,21-24,31-32,37-62H2,1-3H3/b10-7-,11-8-,19-16-,20-17-,28-25-,29-26-,30-27-,35-33-,36-34-. The molecule has 0 bridgehead atoms. The molecule has 0 N–H and O–H groups in total. The Kier molecular flexibility index (Phi) is 56.9. The van der Waals surface area contributed by atoms with E-state index >= 15 is 0 Å². The van der Waals surface area contributed by atoms with Gasteiger partial charge < -0.3 is 14.2 Å². The van der Waals surface area contributed by atoms with Crippen molar-refractivity contribution in [3.63, 3.8) is 0 Å². The summed E-state index contributed by atoms with van der Waals surface area (Å²) in [6.07, 6.45) is 82.5. The molecule has 0 aliphatic rings. The van der Waals surface area contributed by atoms with E-state index in [9.17, 15) is 9.59 Å². The van der Waals surface area contributed by atoms with Crippen LogP contribution in [0.15, 0.2) is 109 Å². The largest absolute Gasteiger partial charge is 0.462 e. The topological polar surface area (TPSA) is 61.8 Å². The van der Waals surface area contributed by atoms with Crippen molar-refractivity contribution in [3.8, 4) is 0 Å². The van der Waals surface area contributed by atoms with Gasteiger partial charge in [-0.3, -0.25) is 9.59 Å². The van der Waals surface area contributed by atoms with Crippen LogP contribution >= 0.6 is 0 Å². The van der Waals surface area contributed by atoms with Crippen molar-refractivity contribution in [1.29, 1.82) is 0 Å². The third-order valence-electron chi connectivity index (χ3n) is 12.3. The number of hydrogen-bond acceptors (Lipinski definition) is 5. The third-order valence-corrected chi connectivity index (χ3v) is 12.3. The molecule has 0 radical (unpaired) electrons. The lowest BCUT2D eigenvalue weighted by Crippen LogP contribution is -2.30. The van der Waals surface area contributed by atoms with Gasteiger partial charge in [-0.25, -0.2) is 0 Å². The lowest BCUT2D eigenvalue weighted by atomic mass is 10.1. The van der Waals surface area contributed by atoms with E-state index < -0.39 is 6.10 Å². The number of carbonyl (C=O) groups excluding carboxylic acids is 2. The van der Waals surface area contributed by atoms with Gasteiger partial charge in [-0.15, -0.1) is 0 Å². The molecule has 5 nitrogen and oxygen atoms in total. The number of allylic oxidation sites excluding steroid dienone is 18. The third kappa shape index (κ3) is 57.1. The fraction of sp³-hybridized carbons (Fsp3) is 0.692. The van der Waals surface area contributed by atoms with Crippen molar-refractivity contribution in [3.05, 3.63) is 109 Å². The minimum Gasteiger partial charge on any atom is -0.462 e. The molecule has 1 unspecified atom stereocenters. The van der Waals surface area contributed by atoms with E-state index in [2.05, 4.69) is 130 Å². The summed E-state index contributed by atoms with van der Waals surface area (Å²) >= 11 is 0. The lowest BCUT2D eigenvalue weighted by molar-refractivity contribution is -0.163. The Morgan fingerprint density at radius 1 is 0.329 bits per heavy atom. The van der Waals surface area contributed by atoms with Crippen LogP contribution in [0, 0.1) is 0 Å². The molecule has 0 fully saturated rings. The van der Waals surface area contributed by atoms with E-state index in [1.54, 1.807) is 0 Å². The Bertz CT molecular complexity index is 1380. The van der Waals surface area contributed by atoms with Crippen LogP contribution in [0.2, 0.25) is 0 Å². The number of rotatable bonds is 53. The fourth-order valence-corrected chi connectivity index (χ4v) is 7.96. The molecule has 0 saturated heterocycles. The first-order chi connectivity index (χ1) is 34.6. The van der Waals surface area contributed by atoms with E-state index in [0.29, 0.717) is 19.4 Å². The van der Waals surface area contributed by atoms with Crippen LogP contribution < -0.4 is 0 Å². The number of esters is 2. The Morgan fingerprint density at radius 2 is 0.643 bits per heavy atom. The van der Waals surface area contributed by atoms with Crippen molar-refractivity contribution < 1.29 is 23.8 Å². The summed E-state index contributed by atoms with van der Waals surface area (Å²) in [4.78, 5) is 25.6. The summed E-state index contributed by atoms with van der Waals surface area (Å²) in [5, 5.41) is 0. The molecular formula is C65H110O5. The summed E-state index contributed by atoms with van der Waals surface area (Å²) < 4.78 is 17.5. The molecule has 400 valence electrons. The van der Waals surface area contributed by atoms with Crippen molar-refractivity contribution in [2.45, 2.75) is 271 Å². The Labute approximate surface area is 434 Å². The SMILES string of the molecule is CC/C=C\C/C=C\C/C=C\C/C=C\CCCCCCCCC(=O)OCC(COCCCCCCCC/C=C\CCCCCCCC)OC(=O)CCCCCCCC/C=C\C/C=C\C/C=C\C/C=C\CC. The predicted molar refractivity (Wildman–Crippen MR) is 306 cm³/mol. The van der Waals surface area contributed by atoms with Crippen molar-refractivity contribution in [1.82, 2.24) is 0 Å². The second-order valence-electron chi connectivity index (χ2n) is 19.1. The molecular weight excluding hydrogens is 861 g/mol. The van der Waals surface area contributed by atoms with Crippen LogP contribution in [0.25, 0.3) is 0 Å². The molecule has 0 aliphatic heterocycles. The van der Waals surface area contributed by atoms with Gasteiger partial charge in [0, 0.05) is 19.4 Å². The van der Waals surface area contributed by atoms with Crippen LogP contribution in [0.1, 0.15) is 265 Å².